The number of hydrogen-bond acceptors (Lipinski definition) is 3. The van der Waals surface area contributed by atoms with Crippen LogP contribution in [0.3, 0.4) is 0 Å². The molecule has 1 saturated heterocycles. The zero-order valence-corrected chi connectivity index (χ0v) is 17.3. The van der Waals surface area contributed by atoms with Crippen molar-refractivity contribution in [2.75, 3.05) is 25.0 Å². The van der Waals surface area contributed by atoms with Gasteiger partial charge in [0.05, 0.1) is 12.2 Å². The van der Waals surface area contributed by atoms with E-state index in [0.717, 1.165) is 13.1 Å². The van der Waals surface area contributed by atoms with E-state index in [1.807, 2.05) is 0 Å². The lowest BCUT2D eigenvalue weighted by molar-refractivity contribution is -0.274. The highest BCUT2D eigenvalue weighted by Crippen LogP contribution is 2.29. The second-order valence-electron chi connectivity index (χ2n) is 6.73. The number of alkyl halides is 3. The maximum absolute atomic E-state index is 12.5. The number of ether oxygens (including phenoxy) is 1. The molecule has 148 valence electrons. The molecular weight excluding hydrogens is 460 g/mol. The molecule has 1 aliphatic heterocycles. The summed E-state index contributed by atoms with van der Waals surface area (Å²) < 4.78 is 41.3. The van der Waals surface area contributed by atoms with E-state index in [2.05, 4.69) is 33.8 Å². The third-order valence-corrected chi connectivity index (χ3v) is 4.22. The van der Waals surface area contributed by atoms with Gasteiger partial charge in [-0.2, -0.15) is 0 Å². The first-order chi connectivity index (χ1) is 11.7. The van der Waals surface area contributed by atoms with Crippen LogP contribution in [0.1, 0.15) is 33.1 Å². The van der Waals surface area contributed by atoms with Gasteiger partial charge in [0.1, 0.15) is 0 Å². The van der Waals surface area contributed by atoms with Crippen LogP contribution < -0.4 is 15.8 Å². The van der Waals surface area contributed by atoms with Crippen molar-refractivity contribution in [3.05, 3.63) is 24.3 Å². The van der Waals surface area contributed by atoms with E-state index in [9.17, 15) is 13.2 Å². The van der Waals surface area contributed by atoms with Crippen LogP contribution in [0.5, 0.6) is 5.75 Å². The van der Waals surface area contributed by atoms with Crippen LogP contribution in [0.15, 0.2) is 29.3 Å². The van der Waals surface area contributed by atoms with Crippen molar-refractivity contribution >= 4 is 35.6 Å². The smallest absolute Gasteiger partial charge is 0.404 e. The lowest BCUT2D eigenvalue weighted by Gasteiger charge is -2.40. The van der Waals surface area contributed by atoms with Gasteiger partial charge in [0.2, 0.25) is 0 Å². The Balaban J connectivity index is 0.00000338. The van der Waals surface area contributed by atoms with Gasteiger partial charge in [-0.15, -0.1) is 37.1 Å². The average Bonchev–Trinajstić information content (AvgIpc) is 2.54. The molecule has 1 aromatic carbocycles. The number of aliphatic imine (C=N–C) groups is 1. The highest BCUT2D eigenvalue weighted by molar-refractivity contribution is 14.0. The van der Waals surface area contributed by atoms with E-state index in [1.165, 1.54) is 37.5 Å². The summed E-state index contributed by atoms with van der Waals surface area (Å²) in [6.45, 7) is 6.69. The van der Waals surface area contributed by atoms with Crippen LogP contribution in [0.4, 0.5) is 18.9 Å². The van der Waals surface area contributed by atoms with E-state index in [4.69, 9.17) is 5.73 Å². The molecule has 2 rings (SSSR count). The van der Waals surface area contributed by atoms with Crippen LogP contribution in [0.2, 0.25) is 0 Å². The minimum absolute atomic E-state index is 0. The topological polar surface area (TPSA) is 62.9 Å². The molecule has 3 N–H and O–H groups in total. The zero-order valence-electron chi connectivity index (χ0n) is 15.0. The molecule has 0 aromatic heterocycles. The molecule has 1 aromatic rings. The number of guanidine groups is 1. The molecule has 26 heavy (non-hydrogen) atoms. The SMILES string of the molecule is CC(C)(CN=C(N)Nc1ccccc1OC(F)(F)F)N1CCCCC1.I. The fourth-order valence-corrected chi connectivity index (χ4v) is 2.84. The second kappa shape index (κ2) is 9.63. The first kappa shape index (κ1) is 22.8. The molecule has 0 aliphatic carbocycles. The molecule has 0 spiro atoms. The molecule has 0 saturated carbocycles. The number of nitrogens with zero attached hydrogens (tertiary/aromatic N) is 2. The lowest BCUT2D eigenvalue weighted by Crippen LogP contribution is -2.49. The maximum Gasteiger partial charge on any atom is 0.573 e. The Bertz CT molecular complexity index is 602. The summed E-state index contributed by atoms with van der Waals surface area (Å²) in [5.74, 6) is -0.285. The van der Waals surface area contributed by atoms with Crippen LogP contribution in [0, 0.1) is 0 Å². The molecule has 0 unspecified atom stereocenters. The van der Waals surface area contributed by atoms with Gasteiger partial charge in [0, 0.05) is 5.54 Å². The number of para-hydroxylation sites is 2. The van der Waals surface area contributed by atoms with Gasteiger partial charge in [-0.05, 0) is 51.9 Å². The number of halogens is 4. The summed E-state index contributed by atoms with van der Waals surface area (Å²) >= 11 is 0. The van der Waals surface area contributed by atoms with Gasteiger partial charge in [0.25, 0.3) is 0 Å². The largest absolute Gasteiger partial charge is 0.573 e. The van der Waals surface area contributed by atoms with E-state index < -0.39 is 6.36 Å². The molecule has 0 bridgehead atoms. The van der Waals surface area contributed by atoms with Gasteiger partial charge in [-0.1, -0.05) is 18.6 Å². The van der Waals surface area contributed by atoms with E-state index in [-0.39, 0.29) is 46.9 Å². The number of nitrogens with two attached hydrogens (primary N) is 1. The lowest BCUT2D eigenvalue weighted by atomic mass is 9.99. The van der Waals surface area contributed by atoms with Gasteiger partial charge >= 0.3 is 6.36 Å². The summed E-state index contributed by atoms with van der Waals surface area (Å²) in [5.41, 5.74) is 5.82. The number of anilines is 1. The van der Waals surface area contributed by atoms with E-state index >= 15 is 0 Å². The fraction of sp³-hybridized carbons (Fsp3) is 0.588. The third kappa shape index (κ3) is 7.18. The summed E-state index contributed by atoms with van der Waals surface area (Å²) in [7, 11) is 0. The predicted octanol–water partition coefficient (Wildman–Crippen LogP) is 4.19. The van der Waals surface area contributed by atoms with Crippen molar-refractivity contribution in [1.29, 1.82) is 0 Å². The zero-order chi connectivity index (χ0) is 18.5. The molecule has 1 fully saturated rings. The van der Waals surface area contributed by atoms with Crippen LogP contribution in [-0.2, 0) is 0 Å². The van der Waals surface area contributed by atoms with E-state index in [0.29, 0.717) is 6.54 Å². The highest BCUT2D eigenvalue weighted by Gasteiger charge is 2.32. The fourth-order valence-electron chi connectivity index (χ4n) is 2.84. The van der Waals surface area contributed by atoms with Crippen molar-refractivity contribution in [2.24, 2.45) is 10.7 Å². The molecule has 0 amide bonds. The Hall–Kier alpha value is -1.23. The Morgan fingerprint density at radius 1 is 1.19 bits per heavy atom. The van der Waals surface area contributed by atoms with Gasteiger partial charge in [0.15, 0.2) is 11.7 Å². The summed E-state index contributed by atoms with van der Waals surface area (Å²) in [5, 5.41) is 2.69. The van der Waals surface area contributed by atoms with Crippen molar-refractivity contribution < 1.29 is 17.9 Å². The van der Waals surface area contributed by atoms with Crippen LogP contribution in [0.25, 0.3) is 0 Å². The number of likely N-dealkylation sites (tertiary alicyclic amines) is 1. The molecule has 1 heterocycles. The Morgan fingerprint density at radius 2 is 1.81 bits per heavy atom. The molecular formula is C17H26F3IN4O. The maximum atomic E-state index is 12.5. The Morgan fingerprint density at radius 3 is 2.42 bits per heavy atom. The minimum atomic E-state index is -4.76. The summed E-state index contributed by atoms with van der Waals surface area (Å²) in [6, 6.07) is 5.73. The molecule has 0 radical (unpaired) electrons. The first-order valence-corrected chi connectivity index (χ1v) is 8.34. The van der Waals surface area contributed by atoms with E-state index in [1.54, 1.807) is 6.07 Å². The first-order valence-electron chi connectivity index (χ1n) is 8.34. The molecule has 1 aliphatic rings. The normalized spacial score (nSPS) is 16.7. The number of benzene rings is 1. The number of piperidine rings is 1. The van der Waals surface area contributed by atoms with Crippen LogP contribution in [-0.4, -0.2) is 42.4 Å². The van der Waals surface area contributed by atoms with Gasteiger partial charge < -0.3 is 15.8 Å². The van der Waals surface area contributed by atoms with Crippen LogP contribution >= 0.6 is 24.0 Å². The third-order valence-electron chi connectivity index (χ3n) is 4.22. The van der Waals surface area contributed by atoms with Crippen molar-refractivity contribution in [1.82, 2.24) is 4.90 Å². The van der Waals surface area contributed by atoms with Gasteiger partial charge in [-0.25, -0.2) is 0 Å². The number of hydrogen-bond donors (Lipinski definition) is 2. The summed E-state index contributed by atoms with van der Waals surface area (Å²) in [6.07, 6.45) is -1.18. The van der Waals surface area contributed by atoms with Crippen molar-refractivity contribution in [2.45, 2.75) is 45.0 Å². The number of nitrogens with one attached hydrogen (secondary N) is 1. The quantitative estimate of drug-likeness (QED) is 0.372. The molecule has 9 heteroatoms. The highest BCUT2D eigenvalue weighted by atomic mass is 127. The van der Waals surface area contributed by atoms with Gasteiger partial charge in [-0.3, -0.25) is 9.89 Å². The Labute approximate surface area is 169 Å². The minimum Gasteiger partial charge on any atom is -0.404 e. The predicted molar refractivity (Wildman–Crippen MR) is 108 cm³/mol. The number of rotatable bonds is 5. The molecule has 5 nitrogen and oxygen atoms in total. The summed E-state index contributed by atoms with van der Waals surface area (Å²) in [4.78, 5) is 6.68. The monoisotopic (exact) mass is 486 g/mol. The average molecular weight is 486 g/mol. The molecule has 0 atom stereocenters. The second-order valence-corrected chi connectivity index (χ2v) is 6.73. The van der Waals surface area contributed by atoms with Crippen molar-refractivity contribution in [3.63, 3.8) is 0 Å². The standard InChI is InChI=1S/C17H25F3N4O.HI/c1-16(2,24-10-6-3-7-11-24)12-22-15(21)23-13-8-4-5-9-14(13)25-17(18,19)20;/h4-5,8-9H,3,6-7,10-12H2,1-2H3,(H3,21,22,23);1H. The Kier molecular flexibility index (Phi) is 8.45. The van der Waals surface area contributed by atoms with Crippen molar-refractivity contribution in [3.8, 4) is 5.75 Å².